The molecule has 2 rings (SSSR count). The molecule has 0 radical (unpaired) electrons. The smallest absolute Gasteiger partial charge is 0.225 e. The quantitative estimate of drug-likeness (QED) is 0.818. The van der Waals surface area contributed by atoms with E-state index in [-0.39, 0.29) is 5.92 Å². The summed E-state index contributed by atoms with van der Waals surface area (Å²) < 4.78 is 0. The molecule has 0 bridgehead atoms. The Hall–Kier alpha value is -0.610. The van der Waals surface area contributed by atoms with E-state index >= 15 is 0 Å². The third-order valence-electron chi connectivity index (χ3n) is 4.30. The molecule has 0 aromatic rings. The van der Waals surface area contributed by atoms with Crippen molar-refractivity contribution in [3.8, 4) is 0 Å². The van der Waals surface area contributed by atoms with Crippen molar-refractivity contribution in [1.82, 2.24) is 9.80 Å². The van der Waals surface area contributed by atoms with Crippen molar-refractivity contribution in [2.45, 2.75) is 38.5 Å². The molecule has 2 aliphatic rings. The molecule has 0 aromatic carbocycles. The molecule has 1 amide bonds. The molecule has 2 aliphatic heterocycles. The zero-order valence-corrected chi connectivity index (χ0v) is 11.4. The highest BCUT2D eigenvalue weighted by molar-refractivity contribution is 5.79. The van der Waals surface area contributed by atoms with E-state index < -0.39 is 0 Å². The van der Waals surface area contributed by atoms with Gasteiger partial charge in [0.2, 0.25) is 5.91 Å². The Balaban J connectivity index is 1.79. The zero-order valence-electron chi connectivity index (χ0n) is 11.4. The number of hydrogen-bond acceptors (Lipinski definition) is 3. The van der Waals surface area contributed by atoms with Crippen molar-refractivity contribution >= 4 is 5.91 Å². The van der Waals surface area contributed by atoms with E-state index in [1.165, 1.54) is 25.7 Å². The average molecular weight is 253 g/mol. The Labute approximate surface area is 110 Å². The average Bonchev–Trinajstić information content (AvgIpc) is 2.68. The maximum Gasteiger partial charge on any atom is 0.225 e. The van der Waals surface area contributed by atoms with Gasteiger partial charge in [-0.15, -0.1) is 0 Å². The first-order valence-electron chi connectivity index (χ1n) is 7.52. The molecule has 2 heterocycles. The predicted octanol–water partition coefficient (Wildman–Crippen LogP) is 1.06. The van der Waals surface area contributed by atoms with Crippen molar-refractivity contribution in [2.24, 2.45) is 11.7 Å². The normalized spacial score (nSPS) is 23.9. The van der Waals surface area contributed by atoms with Crippen LogP contribution in [0.25, 0.3) is 0 Å². The van der Waals surface area contributed by atoms with Gasteiger partial charge in [0.25, 0.3) is 0 Å². The lowest BCUT2D eigenvalue weighted by molar-refractivity contribution is -0.137. The van der Waals surface area contributed by atoms with Crippen LogP contribution < -0.4 is 5.73 Å². The van der Waals surface area contributed by atoms with Crippen LogP contribution in [-0.4, -0.2) is 55.0 Å². The first-order chi connectivity index (χ1) is 8.81. The fraction of sp³-hybridized carbons (Fsp3) is 0.929. The molecule has 4 heteroatoms. The number of likely N-dealkylation sites (tertiary alicyclic amines) is 2. The first kappa shape index (κ1) is 13.8. The van der Waals surface area contributed by atoms with Gasteiger partial charge in [-0.1, -0.05) is 12.8 Å². The summed E-state index contributed by atoms with van der Waals surface area (Å²) in [5.74, 6) is 0.696. The molecule has 2 saturated heterocycles. The molecule has 2 N–H and O–H groups in total. The van der Waals surface area contributed by atoms with Crippen LogP contribution in [0.4, 0.5) is 0 Å². The largest absolute Gasteiger partial charge is 0.342 e. The van der Waals surface area contributed by atoms with E-state index in [0.29, 0.717) is 5.91 Å². The third kappa shape index (κ3) is 3.69. The summed E-state index contributed by atoms with van der Waals surface area (Å²) in [6.45, 7) is 5.77. The number of carbonyl (C=O) groups excluding carboxylic acids is 1. The van der Waals surface area contributed by atoms with Crippen LogP contribution in [0.1, 0.15) is 38.5 Å². The monoisotopic (exact) mass is 253 g/mol. The molecule has 0 saturated carbocycles. The maximum atomic E-state index is 12.5. The van der Waals surface area contributed by atoms with Crippen molar-refractivity contribution in [1.29, 1.82) is 0 Å². The van der Waals surface area contributed by atoms with E-state index in [1.54, 1.807) is 0 Å². The van der Waals surface area contributed by atoms with Crippen molar-refractivity contribution in [2.75, 3.05) is 39.3 Å². The Kier molecular flexibility index (Phi) is 5.45. The van der Waals surface area contributed by atoms with Gasteiger partial charge in [0.1, 0.15) is 0 Å². The van der Waals surface area contributed by atoms with Gasteiger partial charge < -0.3 is 15.5 Å². The van der Waals surface area contributed by atoms with Crippen LogP contribution in [0.2, 0.25) is 0 Å². The Morgan fingerprint density at radius 2 is 1.61 bits per heavy atom. The van der Waals surface area contributed by atoms with Gasteiger partial charge in [0.15, 0.2) is 0 Å². The first-order valence-corrected chi connectivity index (χ1v) is 7.52. The van der Waals surface area contributed by atoms with E-state index in [0.717, 1.165) is 52.1 Å². The van der Waals surface area contributed by atoms with Crippen molar-refractivity contribution in [3.05, 3.63) is 0 Å². The predicted molar refractivity (Wildman–Crippen MR) is 73.3 cm³/mol. The fourth-order valence-electron chi connectivity index (χ4n) is 3.14. The van der Waals surface area contributed by atoms with Gasteiger partial charge in [0.05, 0.1) is 0 Å². The third-order valence-corrected chi connectivity index (χ3v) is 4.30. The van der Waals surface area contributed by atoms with Crippen LogP contribution in [0, 0.1) is 5.92 Å². The summed E-state index contributed by atoms with van der Waals surface area (Å²) in [6, 6.07) is 0. The number of amides is 1. The summed E-state index contributed by atoms with van der Waals surface area (Å²) in [7, 11) is 0. The highest BCUT2D eigenvalue weighted by Crippen LogP contribution is 2.21. The van der Waals surface area contributed by atoms with Crippen molar-refractivity contribution in [3.63, 3.8) is 0 Å². The second kappa shape index (κ2) is 7.10. The lowest BCUT2D eigenvalue weighted by Crippen LogP contribution is -2.44. The molecule has 0 atom stereocenters. The lowest BCUT2D eigenvalue weighted by Gasteiger charge is -2.33. The topological polar surface area (TPSA) is 49.6 Å². The van der Waals surface area contributed by atoms with E-state index in [9.17, 15) is 4.79 Å². The molecule has 2 fully saturated rings. The number of rotatable bonds is 3. The summed E-state index contributed by atoms with van der Waals surface area (Å²) in [5.41, 5.74) is 5.57. The molecule has 0 spiro atoms. The number of hydrogen-bond donors (Lipinski definition) is 1. The van der Waals surface area contributed by atoms with E-state index in [2.05, 4.69) is 9.80 Å². The minimum absolute atomic E-state index is 0.275. The molecule has 104 valence electrons. The van der Waals surface area contributed by atoms with Gasteiger partial charge in [-0.05, 0) is 38.8 Å². The van der Waals surface area contributed by atoms with Crippen LogP contribution in [0.5, 0.6) is 0 Å². The zero-order chi connectivity index (χ0) is 12.8. The number of nitrogens with zero attached hydrogens (tertiary/aromatic N) is 2. The second-order valence-electron chi connectivity index (χ2n) is 5.64. The highest BCUT2D eigenvalue weighted by atomic mass is 16.2. The molecule has 0 aromatic heterocycles. The highest BCUT2D eigenvalue weighted by Gasteiger charge is 2.28. The Bertz CT molecular complexity index is 254. The van der Waals surface area contributed by atoms with E-state index in [1.807, 2.05) is 0 Å². The van der Waals surface area contributed by atoms with Crippen LogP contribution in [0.3, 0.4) is 0 Å². The van der Waals surface area contributed by atoms with Gasteiger partial charge >= 0.3 is 0 Å². The Morgan fingerprint density at radius 3 is 2.17 bits per heavy atom. The summed E-state index contributed by atoms with van der Waals surface area (Å²) in [4.78, 5) is 17.0. The van der Waals surface area contributed by atoms with Gasteiger partial charge in [0, 0.05) is 32.1 Å². The maximum absolute atomic E-state index is 12.5. The Morgan fingerprint density at radius 1 is 1.00 bits per heavy atom. The standard InChI is InChI=1S/C14H27N3O/c15-7-12-16-10-5-13(6-11-16)14(18)17-8-3-1-2-4-9-17/h13H,1-12,15H2. The van der Waals surface area contributed by atoms with Crippen molar-refractivity contribution < 1.29 is 4.79 Å². The minimum Gasteiger partial charge on any atom is -0.342 e. The summed E-state index contributed by atoms with van der Waals surface area (Å²) >= 11 is 0. The van der Waals surface area contributed by atoms with Gasteiger partial charge in [-0.25, -0.2) is 0 Å². The number of carbonyl (C=O) groups is 1. The lowest BCUT2D eigenvalue weighted by atomic mass is 9.95. The molecular weight excluding hydrogens is 226 g/mol. The SMILES string of the molecule is NCCN1CCC(C(=O)N2CCCCCC2)CC1. The molecule has 0 unspecified atom stereocenters. The summed E-state index contributed by atoms with van der Waals surface area (Å²) in [6.07, 6.45) is 7.01. The van der Waals surface area contributed by atoms with Crippen LogP contribution in [0.15, 0.2) is 0 Å². The van der Waals surface area contributed by atoms with E-state index in [4.69, 9.17) is 5.73 Å². The number of nitrogens with two attached hydrogens (primary N) is 1. The van der Waals surface area contributed by atoms with Crippen LogP contribution >= 0.6 is 0 Å². The molecule has 0 aliphatic carbocycles. The van der Waals surface area contributed by atoms with Gasteiger partial charge in [-0.2, -0.15) is 0 Å². The minimum atomic E-state index is 0.275. The molecule has 18 heavy (non-hydrogen) atoms. The summed E-state index contributed by atoms with van der Waals surface area (Å²) in [5, 5.41) is 0. The molecular formula is C14H27N3O. The second-order valence-corrected chi connectivity index (χ2v) is 5.64. The number of piperidine rings is 1. The van der Waals surface area contributed by atoms with Crippen LogP contribution in [-0.2, 0) is 4.79 Å². The van der Waals surface area contributed by atoms with Gasteiger partial charge in [-0.3, -0.25) is 4.79 Å². The fourth-order valence-corrected chi connectivity index (χ4v) is 3.14. The molecule has 4 nitrogen and oxygen atoms in total.